The smallest absolute Gasteiger partial charge is 0.319 e. The van der Waals surface area contributed by atoms with Crippen molar-refractivity contribution in [3.63, 3.8) is 0 Å². The van der Waals surface area contributed by atoms with Gasteiger partial charge in [-0.2, -0.15) is 8.78 Å². The summed E-state index contributed by atoms with van der Waals surface area (Å²) in [6, 6.07) is 0. The molecule has 0 saturated heterocycles. The maximum Gasteiger partial charge on any atom is 0.345 e. The summed E-state index contributed by atoms with van der Waals surface area (Å²) in [5, 5.41) is 0. The summed E-state index contributed by atoms with van der Waals surface area (Å²) >= 11 is 0. The predicted octanol–water partition coefficient (Wildman–Crippen LogP) is 2.66. The minimum atomic E-state index is -2.58. The van der Waals surface area contributed by atoms with Crippen LogP contribution in [0.15, 0.2) is 0 Å². The van der Waals surface area contributed by atoms with E-state index in [0.29, 0.717) is 17.8 Å². The molecule has 0 aromatic carbocycles. The van der Waals surface area contributed by atoms with Gasteiger partial charge in [0, 0.05) is 0 Å². The molecular weight excluding hydrogens is 162 g/mol. The monoisotopic (exact) mass is 176 g/mol. The SMILES string of the molecule is CC1C[C@H]2CC[C@@H]1C2OC(F)F. The first-order valence-electron chi connectivity index (χ1n) is 4.62. The zero-order valence-electron chi connectivity index (χ0n) is 7.17. The summed E-state index contributed by atoms with van der Waals surface area (Å²) in [5.41, 5.74) is 0. The number of ether oxygens (including phenoxy) is 1. The lowest BCUT2D eigenvalue weighted by atomic mass is 9.91. The molecule has 0 amide bonds. The van der Waals surface area contributed by atoms with E-state index in [1.54, 1.807) is 0 Å². The molecule has 70 valence electrons. The molecule has 0 spiro atoms. The van der Waals surface area contributed by atoms with E-state index in [1.165, 1.54) is 0 Å². The van der Waals surface area contributed by atoms with E-state index in [-0.39, 0.29) is 6.10 Å². The van der Waals surface area contributed by atoms with Gasteiger partial charge in [-0.3, -0.25) is 0 Å². The van der Waals surface area contributed by atoms with Crippen LogP contribution in [0.25, 0.3) is 0 Å². The number of rotatable bonds is 2. The average Bonchev–Trinajstić information content (AvgIpc) is 2.44. The van der Waals surface area contributed by atoms with Gasteiger partial charge >= 0.3 is 6.61 Å². The minimum Gasteiger partial charge on any atom is -0.319 e. The second-order valence-electron chi connectivity index (χ2n) is 4.08. The summed E-state index contributed by atoms with van der Waals surface area (Å²) in [5.74, 6) is 1.41. The first-order valence-corrected chi connectivity index (χ1v) is 4.62. The quantitative estimate of drug-likeness (QED) is 0.628. The van der Waals surface area contributed by atoms with Gasteiger partial charge in [-0.1, -0.05) is 6.92 Å². The standard InChI is InChI=1S/C9H14F2O/c1-5-4-6-2-3-7(5)8(6)12-9(10)11/h5-9H,2-4H2,1H3/t5?,6-,7+,8?/m1/s1. The fourth-order valence-corrected chi connectivity index (χ4v) is 2.93. The highest BCUT2D eigenvalue weighted by molar-refractivity contribution is 4.96. The number of halogens is 2. The van der Waals surface area contributed by atoms with Crippen LogP contribution in [0.4, 0.5) is 8.78 Å². The van der Waals surface area contributed by atoms with Gasteiger partial charge in [0.15, 0.2) is 0 Å². The van der Waals surface area contributed by atoms with E-state index >= 15 is 0 Å². The van der Waals surface area contributed by atoms with Crippen LogP contribution < -0.4 is 0 Å². The van der Waals surface area contributed by atoms with Crippen molar-refractivity contribution in [3.05, 3.63) is 0 Å². The fraction of sp³-hybridized carbons (Fsp3) is 1.00. The largest absolute Gasteiger partial charge is 0.345 e. The molecule has 2 rings (SSSR count). The van der Waals surface area contributed by atoms with Crippen LogP contribution in [0.1, 0.15) is 26.2 Å². The lowest BCUT2D eigenvalue weighted by molar-refractivity contribution is -0.174. The third-order valence-electron chi connectivity index (χ3n) is 3.42. The lowest BCUT2D eigenvalue weighted by Gasteiger charge is -2.17. The maximum absolute atomic E-state index is 12.0. The predicted molar refractivity (Wildman–Crippen MR) is 40.9 cm³/mol. The van der Waals surface area contributed by atoms with Gasteiger partial charge in [-0.05, 0) is 37.0 Å². The average molecular weight is 176 g/mol. The van der Waals surface area contributed by atoms with Gasteiger partial charge in [0.2, 0.25) is 0 Å². The molecule has 2 bridgehead atoms. The number of alkyl halides is 2. The summed E-state index contributed by atoms with van der Waals surface area (Å²) in [6.07, 6.45) is 3.12. The molecule has 2 aliphatic rings. The van der Waals surface area contributed by atoms with Crippen molar-refractivity contribution in [2.45, 2.75) is 38.9 Å². The normalized spacial score (nSPS) is 46.0. The highest BCUT2D eigenvalue weighted by Gasteiger charge is 2.47. The highest BCUT2D eigenvalue weighted by atomic mass is 19.3. The van der Waals surface area contributed by atoms with Crippen LogP contribution in [0.5, 0.6) is 0 Å². The van der Waals surface area contributed by atoms with Gasteiger partial charge in [0.1, 0.15) is 0 Å². The molecule has 0 aliphatic heterocycles. The molecule has 3 heteroatoms. The molecule has 0 heterocycles. The lowest BCUT2D eigenvalue weighted by Crippen LogP contribution is -2.22. The molecule has 2 aliphatic carbocycles. The Hall–Kier alpha value is -0.180. The molecule has 0 radical (unpaired) electrons. The van der Waals surface area contributed by atoms with E-state index in [2.05, 4.69) is 11.7 Å². The molecule has 1 nitrogen and oxygen atoms in total. The molecule has 0 aromatic heterocycles. The molecule has 4 atom stereocenters. The third kappa shape index (κ3) is 1.24. The van der Waals surface area contributed by atoms with Crippen molar-refractivity contribution in [2.75, 3.05) is 0 Å². The van der Waals surface area contributed by atoms with Gasteiger partial charge in [0.05, 0.1) is 6.10 Å². The number of hydrogen-bond donors (Lipinski definition) is 0. The van der Waals surface area contributed by atoms with Crippen LogP contribution >= 0.6 is 0 Å². The second kappa shape index (κ2) is 2.95. The van der Waals surface area contributed by atoms with Crippen LogP contribution in [0.3, 0.4) is 0 Å². The Balaban J connectivity index is 1.99. The van der Waals surface area contributed by atoms with E-state index in [0.717, 1.165) is 19.3 Å². The van der Waals surface area contributed by atoms with Crippen molar-refractivity contribution >= 4 is 0 Å². The molecule has 2 fully saturated rings. The van der Waals surface area contributed by atoms with Crippen LogP contribution in [0, 0.1) is 17.8 Å². The van der Waals surface area contributed by atoms with Gasteiger partial charge < -0.3 is 4.74 Å². The highest BCUT2D eigenvalue weighted by Crippen LogP contribution is 2.50. The topological polar surface area (TPSA) is 9.23 Å². The summed E-state index contributed by atoms with van der Waals surface area (Å²) in [7, 11) is 0. The van der Waals surface area contributed by atoms with Crippen LogP contribution in [0.2, 0.25) is 0 Å². The molecule has 2 unspecified atom stereocenters. The summed E-state index contributed by atoms with van der Waals surface area (Å²) in [4.78, 5) is 0. The number of fused-ring (bicyclic) bond motifs is 2. The van der Waals surface area contributed by atoms with Gasteiger partial charge in [-0.15, -0.1) is 0 Å². The molecule has 0 N–H and O–H groups in total. The zero-order chi connectivity index (χ0) is 8.72. The van der Waals surface area contributed by atoms with E-state index in [9.17, 15) is 8.78 Å². The van der Waals surface area contributed by atoms with Crippen molar-refractivity contribution < 1.29 is 13.5 Å². The minimum absolute atomic E-state index is 0.139. The first-order chi connectivity index (χ1) is 5.68. The Morgan fingerprint density at radius 3 is 2.50 bits per heavy atom. The van der Waals surface area contributed by atoms with E-state index in [1.807, 2.05) is 0 Å². The zero-order valence-corrected chi connectivity index (χ0v) is 7.17. The molecular formula is C9H14F2O. The Morgan fingerprint density at radius 2 is 2.08 bits per heavy atom. The second-order valence-corrected chi connectivity index (χ2v) is 4.08. The van der Waals surface area contributed by atoms with E-state index in [4.69, 9.17) is 0 Å². The van der Waals surface area contributed by atoms with Gasteiger partial charge in [0.25, 0.3) is 0 Å². The molecule has 2 saturated carbocycles. The first kappa shape index (κ1) is 8.42. The summed E-state index contributed by atoms with van der Waals surface area (Å²) < 4.78 is 28.6. The Bertz CT molecular complexity index is 172. The Morgan fingerprint density at radius 1 is 1.33 bits per heavy atom. The Labute approximate surface area is 71.1 Å². The van der Waals surface area contributed by atoms with Crippen molar-refractivity contribution in [1.29, 1.82) is 0 Å². The van der Waals surface area contributed by atoms with E-state index < -0.39 is 6.61 Å². The summed E-state index contributed by atoms with van der Waals surface area (Å²) in [6.45, 7) is -0.436. The Kier molecular flexibility index (Phi) is 2.07. The number of hydrogen-bond acceptors (Lipinski definition) is 1. The maximum atomic E-state index is 12.0. The van der Waals surface area contributed by atoms with Crippen LogP contribution in [-0.4, -0.2) is 12.7 Å². The van der Waals surface area contributed by atoms with Gasteiger partial charge in [-0.25, -0.2) is 0 Å². The molecule has 12 heavy (non-hydrogen) atoms. The molecule has 0 aromatic rings. The van der Waals surface area contributed by atoms with Crippen molar-refractivity contribution in [2.24, 2.45) is 17.8 Å². The third-order valence-corrected chi connectivity index (χ3v) is 3.42. The van der Waals surface area contributed by atoms with Crippen molar-refractivity contribution in [1.82, 2.24) is 0 Å². The fourth-order valence-electron chi connectivity index (χ4n) is 2.93. The van der Waals surface area contributed by atoms with Crippen molar-refractivity contribution in [3.8, 4) is 0 Å². The van der Waals surface area contributed by atoms with Crippen LogP contribution in [-0.2, 0) is 4.74 Å².